The number of aromatic nitrogens is 2. The van der Waals surface area contributed by atoms with Gasteiger partial charge in [-0.15, -0.1) is 11.6 Å². The number of hydrogen-bond acceptors (Lipinski definition) is 3. The Morgan fingerprint density at radius 2 is 2.50 bits per heavy atom. The lowest BCUT2D eigenvalue weighted by molar-refractivity contribution is 0.0947. The molecule has 0 aromatic carbocycles. The Bertz CT molecular complexity index is 341. The van der Waals surface area contributed by atoms with Crippen molar-refractivity contribution in [3.8, 4) is 0 Å². The van der Waals surface area contributed by atoms with Crippen molar-refractivity contribution in [2.45, 2.75) is 11.8 Å². The minimum absolute atomic E-state index is 0.0750. The van der Waals surface area contributed by atoms with E-state index in [4.69, 9.17) is 16.3 Å². The monoisotopic (exact) mass is 245 g/mol. The molecule has 0 saturated heterocycles. The van der Waals surface area contributed by atoms with Crippen molar-refractivity contribution in [2.24, 2.45) is 7.05 Å². The van der Waals surface area contributed by atoms with Crippen LogP contribution < -0.4 is 5.32 Å². The van der Waals surface area contributed by atoms with E-state index in [0.29, 0.717) is 25.3 Å². The van der Waals surface area contributed by atoms with Crippen molar-refractivity contribution in [2.75, 3.05) is 20.3 Å². The fourth-order valence-corrected chi connectivity index (χ4v) is 1.46. The minimum atomic E-state index is -0.179. The Morgan fingerprint density at radius 1 is 1.75 bits per heavy atom. The third-order valence-electron chi connectivity index (χ3n) is 2.03. The first-order chi connectivity index (χ1) is 7.63. The summed E-state index contributed by atoms with van der Waals surface area (Å²) < 4.78 is 6.62. The Hall–Kier alpha value is -1.07. The number of carbonyl (C=O) groups excluding carboxylic acids is 1. The first-order valence-corrected chi connectivity index (χ1v) is 5.46. The molecule has 0 bridgehead atoms. The van der Waals surface area contributed by atoms with Crippen LogP contribution in [-0.2, 0) is 11.8 Å². The van der Waals surface area contributed by atoms with Gasteiger partial charge in [0.2, 0.25) is 0 Å². The van der Waals surface area contributed by atoms with Crippen LogP contribution in [0.2, 0.25) is 0 Å². The standard InChI is InChI=1S/C10H16ClN3O2/c1-14-5-9(13-7-14)10(15)12-4-3-8(11)6-16-2/h5,7-8H,3-4,6H2,1-2H3,(H,12,15). The molecule has 1 heterocycles. The zero-order valence-electron chi connectivity index (χ0n) is 9.44. The normalized spacial score (nSPS) is 12.4. The second-order valence-electron chi connectivity index (χ2n) is 3.52. The van der Waals surface area contributed by atoms with Gasteiger partial charge in [-0.05, 0) is 6.42 Å². The van der Waals surface area contributed by atoms with Crippen LogP contribution in [0.15, 0.2) is 12.5 Å². The lowest BCUT2D eigenvalue weighted by Gasteiger charge is -2.08. The van der Waals surface area contributed by atoms with Crippen LogP contribution in [0.1, 0.15) is 16.9 Å². The van der Waals surface area contributed by atoms with Crippen LogP contribution in [-0.4, -0.2) is 41.1 Å². The molecule has 0 aliphatic rings. The highest BCUT2D eigenvalue weighted by molar-refractivity contribution is 6.20. The molecule has 0 saturated carbocycles. The summed E-state index contributed by atoms with van der Waals surface area (Å²) in [7, 11) is 3.42. The molecule has 1 N–H and O–H groups in total. The van der Waals surface area contributed by atoms with Gasteiger partial charge in [-0.2, -0.15) is 0 Å². The van der Waals surface area contributed by atoms with Gasteiger partial charge in [0.1, 0.15) is 5.69 Å². The summed E-state index contributed by atoms with van der Waals surface area (Å²) >= 11 is 5.92. The van der Waals surface area contributed by atoms with Crippen molar-refractivity contribution in [1.29, 1.82) is 0 Å². The number of rotatable bonds is 6. The van der Waals surface area contributed by atoms with Crippen LogP contribution in [0.5, 0.6) is 0 Å². The average molecular weight is 246 g/mol. The van der Waals surface area contributed by atoms with Gasteiger partial charge < -0.3 is 14.6 Å². The molecule has 5 nitrogen and oxygen atoms in total. The number of amides is 1. The summed E-state index contributed by atoms with van der Waals surface area (Å²) in [6.45, 7) is 1.01. The summed E-state index contributed by atoms with van der Waals surface area (Å²) in [5.41, 5.74) is 0.417. The Labute approximate surface area is 99.8 Å². The van der Waals surface area contributed by atoms with Crippen LogP contribution in [0.25, 0.3) is 0 Å². The predicted octanol–water partition coefficient (Wildman–Crippen LogP) is 0.794. The molecule has 1 rings (SSSR count). The highest BCUT2D eigenvalue weighted by Gasteiger charge is 2.09. The molecule has 1 unspecified atom stereocenters. The highest BCUT2D eigenvalue weighted by atomic mass is 35.5. The van der Waals surface area contributed by atoms with Crippen molar-refractivity contribution in [3.05, 3.63) is 18.2 Å². The fourth-order valence-electron chi connectivity index (χ4n) is 1.23. The Balaban J connectivity index is 2.25. The predicted molar refractivity (Wildman–Crippen MR) is 61.7 cm³/mol. The minimum Gasteiger partial charge on any atom is -0.383 e. The van der Waals surface area contributed by atoms with Gasteiger partial charge >= 0.3 is 0 Å². The van der Waals surface area contributed by atoms with Crippen molar-refractivity contribution in [1.82, 2.24) is 14.9 Å². The summed E-state index contributed by atoms with van der Waals surface area (Å²) in [5.74, 6) is -0.179. The van der Waals surface area contributed by atoms with Crippen molar-refractivity contribution < 1.29 is 9.53 Å². The number of carbonyl (C=O) groups is 1. The maximum atomic E-state index is 11.5. The zero-order chi connectivity index (χ0) is 12.0. The number of alkyl halides is 1. The number of hydrogen-bond donors (Lipinski definition) is 1. The molecule has 0 fully saturated rings. The van der Waals surface area contributed by atoms with Crippen LogP contribution in [0.4, 0.5) is 0 Å². The Morgan fingerprint density at radius 3 is 3.06 bits per heavy atom. The second kappa shape index (κ2) is 6.50. The SMILES string of the molecule is COCC(Cl)CCNC(=O)c1cn(C)cn1. The molecule has 6 heteroatoms. The second-order valence-corrected chi connectivity index (χ2v) is 4.14. The van der Waals surface area contributed by atoms with Gasteiger partial charge in [0, 0.05) is 26.9 Å². The number of aryl methyl sites for hydroxylation is 1. The van der Waals surface area contributed by atoms with E-state index in [9.17, 15) is 4.79 Å². The number of nitrogens with one attached hydrogen (secondary N) is 1. The van der Waals surface area contributed by atoms with Gasteiger partial charge in [0.25, 0.3) is 5.91 Å². The average Bonchev–Trinajstić information content (AvgIpc) is 2.65. The molecule has 1 aromatic rings. The molecule has 0 aliphatic heterocycles. The molecule has 1 aromatic heterocycles. The Kier molecular flexibility index (Phi) is 5.28. The summed E-state index contributed by atoms with van der Waals surface area (Å²) in [6, 6.07) is 0. The molecule has 0 radical (unpaired) electrons. The van der Waals surface area contributed by atoms with Gasteiger partial charge in [0.15, 0.2) is 0 Å². The van der Waals surface area contributed by atoms with Crippen LogP contribution in [0.3, 0.4) is 0 Å². The smallest absolute Gasteiger partial charge is 0.271 e. The van der Waals surface area contributed by atoms with Crippen LogP contribution in [0, 0.1) is 0 Å². The number of halogens is 1. The van der Waals surface area contributed by atoms with E-state index >= 15 is 0 Å². The van der Waals surface area contributed by atoms with E-state index in [-0.39, 0.29) is 11.3 Å². The molecule has 1 amide bonds. The molecular weight excluding hydrogens is 230 g/mol. The third-order valence-corrected chi connectivity index (χ3v) is 2.37. The summed E-state index contributed by atoms with van der Waals surface area (Å²) in [6.07, 6.45) is 3.93. The summed E-state index contributed by atoms with van der Waals surface area (Å²) in [5, 5.41) is 2.67. The van der Waals surface area contributed by atoms with E-state index in [2.05, 4.69) is 10.3 Å². The van der Waals surface area contributed by atoms with Gasteiger partial charge in [-0.3, -0.25) is 4.79 Å². The maximum absolute atomic E-state index is 11.5. The van der Waals surface area contributed by atoms with Crippen LogP contribution >= 0.6 is 11.6 Å². The molecule has 0 spiro atoms. The largest absolute Gasteiger partial charge is 0.383 e. The zero-order valence-corrected chi connectivity index (χ0v) is 10.2. The van der Waals surface area contributed by atoms with Crippen molar-refractivity contribution >= 4 is 17.5 Å². The molecule has 1 atom stereocenters. The van der Waals surface area contributed by atoms with Gasteiger partial charge in [-0.1, -0.05) is 0 Å². The molecule has 16 heavy (non-hydrogen) atoms. The summed E-state index contributed by atoms with van der Waals surface area (Å²) in [4.78, 5) is 15.5. The number of nitrogens with zero attached hydrogens (tertiary/aromatic N) is 2. The first kappa shape index (κ1) is 13.0. The lowest BCUT2D eigenvalue weighted by atomic mass is 10.3. The van der Waals surface area contributed by atoms with Gasteiger partial charge in [0.05, 0.1) is 18.3 Å². The highest BCUT2D eigenvalue weighted by Crippen LogP contribution is 2.01. The molecular formula is C10H16ClN3O2. The number of ether oxygens (including phenoxy) is 1. The lowest BCUT2D eigenvalue weighted by Crippen LogP contribution is -2.27. The van der Waals surface area contributed by atoms with E-state index in [1.54, 1.807) is 24.2 Å². The van der Waals surface area contributed by atoms with E-state index < -0.39 is 0 Å². The van der Waals surface area contributed by atoms with E-state index in [1.165, 1.54) is 0 Å². The molecule has 0 aliphatic carbocycles. The van der Waals surface area contributed by atoms with Gasteiger partial charge in [-0.25, -0.2) is 4.98 Å². The number of imidazole rings is 1. The number of methoxy groups -OCH3 is 1. The topological polar surface area (TPSA) is 56.1 Å². The quantitative estimate of drug-likeness (QED) is 0.754. The maximum Gasteiger partial charge on any atom is 0.271 e. The van der Waals surface area contributed by atoms with E-state index in [1.807, 2.05) is 7.05 Å². The van der Waals surface area contributed by atoms with Crippen molar-refractivity contribution in [3.63, 3.8) is 0 Å². The van der Waals surface area contributed by atoms with E-state index in [0.717, 1.165) is 0 Å². The first-order valence-electron chi connectivity index (χ1n) is 5.02. The molecule has 90 valence electrons. The fraction of sp³-hybridized carbons (Fsp3) is 0.600. The third kappa shape index (κ3) is 4.20.